The lowest BCUT2D eigenvalue weighted by atomic mass is 9.96. The summed E-state index contributed by atoms with van der Waals surface area (Å²) in [4.78, 5) is 10.3. The Hall–Kier alpha value is -0.810. The van der Waals surface area contributed by atoms with Crippen molar-refractivity contribution in [3.8, 4) is 0 Å². The number of carboxylic acids is 1. The van der Waals surface area contributed by atoms with Crippen LogP contribution in [-0.2, 0) is 4.79 Å². The first-order chi connectivity index (χ1) is 7.73. The second kappa shape index (κ2) is 6.81. The lowest BCUT2D eigenvalue weighted by Crippen LogP contribution is -2.54. The second-order valence-corrected chi connectivity index (χ2v) is 3.50. The molecule has 0 rings (SSSR count). The lowest BCUT2D eigenvalue weighted by Gasteiger charge is -2.29. The van der Waals surface area contributed by atoms with Gasteiger partial charge in [-0.25, -0.2) is 4.79 Å². The van der Waals surface area contributed by atoms with E-state index in [9.17, 15) is 15.0 Å². The molecule has 9 heteroatoms. The average Bonchev–Trinajstić information content (AvgIpc) is 2.32. The Labute approximate surface area is 95.8 Å². The fraction of sp³-hybridized carbons (Fsp3) is 0.875. The maximum absolute atomic E-state index is 10.3. The molecule has 0 aliphatic heterocycles. The molecule has 0 radical (unpaired) electrons. The largest absolute Gasteiger partial charge is 0.479 e. The van der Waals surface area contributed by atoms with Gasteiger partial charge in [-0.05, 0) is 0 Å². The van der Waals surface area contributed by atoms with Gasteiger partial charge >= 0.3 is 5.97 Å². The molecule has 0 fully saturated rings. The monoisotopic (exact) mass is 256 g/mol. The molecule has 6 unspecified atom stereocenters. The van der Waals surface area contributed by atoms with Crippen molar-refractivity contribution in [2.24, 2.45) is 0 Å². The van der Waals surface area contributed by atoms with Gasteiger partial charge in [-0.15, -0.1) is 0 Å². The number of hydrogen-bond acceptors (Lipinski definition) is 8. The van der Waals surface area contributed by atoms with Crippen molar-refractivity contribution in [3.63, 3.8) is 0 Å². The zero-order valence-electron chi connectivity index (χ0n) is 8.66. The molecular weight excluding hydrogens is 240 g/mol. The van der Waals surface area contributed by atoms with Gasteiger partial charge in [0.25, 0.3) is 0 Å². The van der Waals surface area contributed by atoms with Gasteiger partial charge in [0, 0.05) is 0 Å². The molecule has 0 heterocycles. The third-order valence-electron chi connectivity index (χ3n) is 2.21. The van der Waals surface area contributed by atoms with Crippen LogP contribution < -0.4 is 0 Å². The van der Waals surface area contributed by atoms with Crippen molar-refractivity contribution < 1.29 is 45.6 Å². The summed E-state index contributed by atoms with van der Waals surface area (Å²) in [5, 5.41) is 71.4. The molecule has 0 amide bonds. The second-order valence-electron chi connectivity index (χ2n) is 3.50. The van der Waals surface area contributed by atoms with Gasteiger partial charge in [-0.1, -0.05) is 0 Å². The summed E-state index contributed by atoms with van der Waals surface area (Å²) in [5.74, 6) is -1.83. The SMILES string of the molecule is O=C(O)C(O)C(O)C(O)C(O)C(O)C(O)CO. The van der Waals surface area contributed by atoms with E-state index in [2.05, 4.69) is 0 Å². The molecule has 9 nitrogen and oxygen atoms in total. The number of aliphatic hydroxyl groups excluding tert-OH is 7. The average molecular weight is 256 g/mol. The predicted octanol–water partition coefficient (Wildman–Crippen LogP) is -4.77. The molecule has 6 atom stereocenters. The van der Waals surface area contributed by atoms with Crippen LogP contribution in [0.3, 0.4) is 0 Å². The highest BCUT2D eigenvalue weighted by Gasteiger charge is 2.39. The molecule has 0 aliphatic carbocycles. The predicted molar refractivity (Wildman–Crippen MR) is 50.8 cm³/mol. The molecule has 0 aromatic heterocycles. The highest BCUT2D eigenvalue weighted by atomic mass is 16.4. The van der Waals surface area contributed by atoms with Crippen molar-refractivity contribution in [1.29, 1.82) is 0 Å². The smallest absolute Gasteiger partial charge is 0.335 e. The third kappa shape index (κ3) is 4.16. The number of hydrogen-bond donors (Lipinski definition) is 8. The molecule has 0 spiro atoms. The summed E-state index contributed by atoms with van der Waals surface area (Å²) in [6, 6.07) is 0. The summed E-state index contributed by atoms with van der Waals surface area (Å²) in [6.07, 6.45) is -12.8. The van der Waals surface area contributed by atoms with Crippen LogP contribution in [0.2, 0.25) is 0 Å². The minimum absolute atomic E-state index is 0.914. The quantitative estimate of drug-likeness (QED) is 0.222. The summed E-state index contributed by atoms with van der Waals surface area (Å²) >= 11 is 0. The van der Waals surface area contributed by atoms with E-state index in [-0.39, 0.29) is 0 Å². The van der Waals surface area contributed by atoms with Crippen molar-refractivity contribution in [2.45, 2.75) is 36.6 Å². The number of carboxylic acid groups (broad SMARTS) is 1. The molecule has 0 aromatic carbocycles. The van der Waals surface area contributed by atoms with E-state index >= 15 is 0 Å². The number of rotatable bonds is 7. The van der Waals surface area contributed by atoms with Gasteiger partial charge in [0.1, 0.15) is 30.5 Å². The molecule has 0 saturated heterocycles. The Kier molecular flexibility index (Phi) is 6.49. The van der Waals surface area contributed by atoms with E-state index < -0.39 is 49.2 Å². The van der Waals surface area contributed by atoms with Crippen LogP contribution in [0.4, 0.5) is 0 Å². The Morgan fingerprint density at radius 2 is 1.24 bits per heavy atom. The first kappa shape index (κ1) is 16.2. The summed E-state index contributed by atoms with van der Waals surface area (Å²) in [6.45, 7) is -0.914. The normalized spacial score (nSPS) is 22.3. The first-order valence-electron chi connectivity index (χ1n) is 4.66. The molecule has 8 N–H and O–H groups in total. The van der Waals surface area contributed by atoms with Crippen molar-refractivity contribution in [1.82, 2.24) is 0 Å². The Bertz CT molecular complexity index is 245. The Balaban J connectivity index is 4.58. The van der Waals surface area contributed by atoms with E-state index in [0.717, 1.165) is 0 Å². The van der Waals surface area contributed by atoms with Gasteiger partial charge in [0.05, 0.1) is 6.61 Å². The fourth-order valence-electron chi connectivity index (χ4n) is 1.07. The van der Waals surface area contributed by atoms with Gasteiger partial charge in [-0.3, -0.25) is 0 Å². The van der Waals surface area contributed by atoms with Crippen LogP contribution in [0.25, 0.3) is 0 Å². The number of aliphatic carboxylic acids is 1. The highest BCUT2D eigenvalue weighted by Crippen LogP contribution is 2.11. The molecule has 0 saturated carbocycles. The zero-order chi connectivity index (χ0) is 13.7. The van der Waals surface area contributed by atoms with Crippen LogP contribution in [0, 0.1) is 0 Å². The minimum atomic E-state index is -2.36. The maximum atomic E-state index is 10.3. The van der Waals surface area contributed by atoms with Gasteiger partial charge in [0.2, 0.25) is 0 Å². The van der Waals surface area contributed by atoms with Crippen molar-refractivity contribution >= 4 is 5.97 Å². The molecule has 102 valence electrons. The zero-order valence-corrected chi connectivity index (χ0v) is 8.66. The molecule has 17 heavy (non-hydrogen) atoms. The van der Waals surface area contributed by atoms with Crippen LogP contribution in [0.1, 0.15) is 0 Å². The maximum Gasteiger partial charge on any atom is 0.335 e. The van der Waals surface area contributed by atoms with Gasteiger partial charge < -0.3 is 40.9 Å². The summed E-state index contributed by atoms with van der Waals surface area (Å²) < 4.78 is 0. The van der Waals surface area contributed by atoms with E-state index in [1.54, 1.807) is 0 Å². The van der Waals surface area contributed by atoms with Crippen LogP contribution in [-0.4, -0.2) is 90.1 Å². The minimum Gasteiger partial charge on any atom is -0.479 e. The third-order valence-corrected chi connectivity index (χ3v) is 2.21. The van der Waals surface area contributed by atoms with Crippen molar-refractivity contribution in [2.75, 3.05) is 6.61 Å². The Morgan fingerprint density at radius 1 is 0.824 bits per heavy atom. The fourth-order valence-corrected chi connectivity index (χ4v) is 1.07. The van der Waals surface area contributed by atoms with Crippen LogP contribution in [0.5, 0.6) is 0 Å². The number of carbonyl (C=O) groups is 1. The molecule has 0 bridgehead atoms. The van der Waals surface area contributed by atoms with E-state index in [1.165, 1.54) is 0 Å². The topological polar surface area (TPSA) is 179 Å². The van der Waals surface area contributed by atoms with Crippen LogP contribution in [0.15, 0.2) is 0 Å². The standard InChI is InChI=1S/C8H16O9/c9-1-2(10)3(11)4(12)5(13)6(14)7(15)8(16)17/h2-7,9-15H,1H2,(H,16,17). The highest BCUT2D eigenvalue weighted by molar-refractivity contribution is 5.72. The summed E-state index contributed by atoms with van der Waals surface area (Å²) in [5.41, 5.74) is 0. The van der Waals surface area contributed by atoms with Crippen LogP contribution >= 0.6 is 0 Å². The van der Waals surface area contributed by atoms with Gasteiger partial charge in [0.15, 0.2) is 6.10 Å². The summed E-state index contributed by atoms with van der Waals surface area (Å²) in [7, 11) is 0. The van der Waals surface area contributed by atoms with E-state index in [0.29, 0.717) is 0 Å². The molecular formula is C8H16O9. The van der Waals surface area contributed by atoms with Gasteiger partial charge in [-0.2, -0.15) is 0 Å². The van der Waals surface area contributed by atoms with E-state index in [4.69, 9.17) is 30.6 Å². The Morgan fingerprint density at radius 3 is 1.59 bits per heavy atom. The molecule has 0 aliphatic rings. The lowest BCUT2D eigenvalue weighted by molar-refractivity contribution is -0.175. The van der Waals surface area contributed by atoms with Crippen molar-refractivity contribution in [3.05, 3.63) is 0 Å². The van der Waals surface area contributed by atoms with E-state index in [1.807, 2.05) is 0 Å². The number of aliphatic hydroxyl groups is 7. The molecule has 0 aromatic rings. The first-order valence-corrected chi connectivity index (χ1v) is 4.66.